The summed E-state index contributed by atoms with van der Waals surface area (Å²) in [5.41, 5.74) is 1.11. The van der Waals surface area contributed by atoms with E-state index < -0.39 is 12.3 Å². The molecule has 90 valence electrons. The van der Waals surface area contributed by atoms with E-state index in [1.165, 1.54) is 0 Å². The second-order valence-corrected chi connectivity index (χ2v) is 3.44. The van der Waals surface area contributed by atoms with Crippen molar-refractivity contribution in [1.82, 2.24) is 0 Å². The van der Waals surface area contributed by atoms with Crippen LogP contribution in [-0.2, 0) is 15.9 Å². The minimum absolute atomic E-state index is 0.246. The first-order valence-corrected chi connectivity index (χ1v) is 5.53. The monoisotopic (exact) mass is 233 g/mol. The van der Waals surface area contributed by atoms with E-state index in [0.29, 0.717) is 12.8 Å². The van der Waals surface area contributed by atoms with Crippen LogP contribution in [-0.4, -0.2) is 18.9 Å². The highest BCUT2D eigenvalue weighted by atomic mass is 16.7. The number of benzene rings is 1. The van der Waals surface area contributed by atoms with Gasteiger partial charge in [-0.3, -0.25) is 0 Å². The number of nitrogens with zero attached hydrogens (tertiary/aromatic N) is 1. The van der Waals surface area contributed by atoms with Crippen LogP contribution in [0.4, 0.5) is 4.79 Å². The fraction of sp³-hybridized carbons (Fsp3) is 0.385. The molecule has 0 aliphatic carbocycles. The zero-order chi connectivity index (χ0) is 12.5. The van der Waals surface area contributed by atoms with Gasteiger partial charge in [-0.15, -0.1) is 0 Å². The normalized spacial score (nSPS) is 11.3. The van der Waals surface area contributed by atoms with Crippen molar-refractivity contribution in [3.05, 3.63) is 35.9 Å². The van der Waals surface area contributed by atoms with Crippen molar-refractivity contribution < 1.29 is 14.3 Å². The highest BCUT2D eigenvalue weighted by Gasteiger charge is 2.14. The van der Waals surface area contributed by atoms with E-state index in [-0.39, 0.29) is 6.61 Å². The molecule has 0 saturated heterocycles. The van der Waals surface area contributed by atoms with Gasteiger partial charge in [0.25, 0.3) is 0 Å². The van der Waals surface area contributed by atoms with Crippen LogP contribution in [0.15, 0.2) is 30.3 Å². The highest BCUT2D eigenvalue weighted by molar-refractivity contribution is 5.60. The second kappa shape index (κ2) is 7.29. The molecule has 0 aliphatic rings. The lowest BCUT2D eigenvalue weighted by Crippen LogP contribution is -2.18. The number of aryl methyl sites for hydroxylation is 1. The molecule has 0 unspecified atom stereocenters. The molecule has 17 heavy (non-hydrogen) atoms. The number of ether oxygens (including phenoxy) is 2. The Morgan fingerprint density at radius 2 is 2.12 bits per heavy atom. The fourth-order valence-corrected chi connectivity index (χ4v) is 1.36. The van der Waals surface area contributed by atoms with Crippen molar-refractivity contribution >= 4 is 6.16 Å². The van der Waals surface area contributed by atoms with E-state index in [1.54, 1.807) is 6.92 Å². The summed E-state index contributed by atoms with van der Waals surface area (Å²) in [5, 5.41) is 8.84. The summed E-state index contributed by atoms with van der Waals surface area (Å²) in [6, 6.07) is 11.7. The molecule has 0 saturated carbocycles. The lowest BCUT2D eigenvalue weighted by atomic mass is 10.1. The van der Waals surface area contributed by atoms with E-state index in [0.717, 1.165) is 5.56 Å². The molecule has 0 heterocycles. The molecule has 0 amide bonds. The Morgan fingerprint density at radius 1 is 1.41 bits per heavy atom. The first-order chi connectivity index (χ1) is 8.26. The molecule has 0 aliphatic heterocycles. The van der Waals surface area contributed by atoms with Crippen LogP contribution in [0.3, 0.4) is 0 Å². The topological polar surface area (TPSA) is 59.3 Å². The van der Waals surface area contributed by atoms with Crippen LogP contribution < -0.4 is 0 Å². The first-order valence-electron chi connectivity index (χ1n) is 5.53. The minimum atomic E-state index is -0.785. The Balaban J connectivity index is 2.38. The summed E-state index contributed by atoms with van der Waals surface area (Å²) in [5.74, 6) is 0. The summed E-state index contributed by atoms with van der Waals surface area (Å²) < 4.78 is 9.45. The van der Waals surface area contributed by atoms with Crippen LogP contribution in [0.25, 0.3) is 0 Å². The quantitative estimate of drug-likeness (QED) is 0.733. The zero-order valence-corrected chi connectivity index (χ0v) is 9.76. The van der Waals surface area contributed by atoms with Crippen LogP contribution in [0, 0.1) is 11.3 Å². The number of hydrogen-bond donors (Lipinski definition) is 0. The molecule has 4 nitrogen and oxygen atoms in total. The van der Waals surface area contributed by atoms with E-state index in [2.05, 4.69) is 4.74 Å². The van der Waals surface area contributed by atoms with Gasteiger partial charge >= 0.3 is 6.16 Å². The summed E-state index contributed by atoms with van der Waals surface area (Å²) >= 11 is 0. The average molecular weight is 233 g/mol. The Labute approximate surface area is 101 Å². The maximum Gasteiger partial charge on any atom is 0.509 e. The van der Waals surface area contributed by atoms with E-state index >= 15 is 0 Å². The number of rotatable bonds is 5. The molecule has 1 aromatic rings. The SMILES string of the molecule is CCOC(=O)O[C@H](C#N)CCc1ccccc1. The number of hydrogen-bond acceptors (Lipinski definition) is 4. The van der Waals surface area contributed by atoms with E-state index in [4.69, 9.17) is 10.00 Å². The Morgan fingerprint density at radius 3 is 2.71 bits per heavy atom. The third-order valence-corrected chi connectivity index (χ3v) is 2.18. The zero-order valence-electron chi connectivity index (χ0n) is 9.76. The molecule has 4 heteroatoms. The van der Waals surface area contributed by atoms with Gasteiger partial charge in [0.05, 0.1) is 6.61 Å². The highest BCUT2D eigenvalue weighted by Crippen LogP contribution is 2.07. The molecular formula is C13H15NO3. The van der Waals surface area contributed by atoms with Crippen molar-refractivity contribution in [2.24, 2.45) is 0 Å². The minimum Gasteiger partial charge on any atom is -0.435 e. The van der Waals surface area contributed by atoms with Crippen LogP contribution >= 0.6 is 0 Å². The van der Waals surface area contributed by atoms with Gasteiger partial charge < -0.3 is 9.47 Å². The van der Waals surface area contributed by atoms with Gasteiger partial charge in [-0.2, -0.15) is 5.26 Å². The van der Waals surface area contributed by atoms with Crippen LogP contribution in [0.1, 0.15) is 18.9 Å². The van der Waals surface area contributed by atoms with E-state index in [1.807, 2.05) is 36.4 Å². The summed E-state index contributed by atoms with van der Waals surface area (Å²) in [7, 11) is 0. The Kier molecular flexibility index (Phi) is 5.59. The summed E-state index contributed by atoms with van der Waals surface area (Å²) in [4.78, 5) is 11.0. The van der Waals surface area contributed by atoms with Crippen molar-refractivity contribution in [3.63, 3.8) is 0 Å². The molecule has 0 spiro atoms. The third kappa shape index (κ3) is 5.03. The van der Waals surface area contributed by atoms with Gasteiger partial charge in [-0.05, 0) is 18.9 Å². The largest absolute Gasteiger partial charge is 0.509 e. The van der Waals surface area contributed by atoms with Crippen molar-refractivity contribution in [2.45, 2.75) is 25.9 Å². The maximum atomic E-state index is 11.0. The number of carbonyl (C=O) groups is 1. The van der Waals surface area contributed by atoms with Crippen LogP contribution in [0.2, 0.25) is 0 Å². The molecule has 0 bridgehead atoms. The maximum absolute atomic E-state index is 11.0. The van der Waals surface area contributed by atoms with Crippen molar-refractivity contribution in [3.8, 4) is 6.07 Å². The average Bonchev–Trinajstić information content (AvgIpc) is 2.36. The molecule has 0 aromatic heterocycles. The lowest BCUT2D eigenvalue weighted by molar-refractivity contribution is 0.0404. The molecule has 0 fully saturated rings. The predicted molar refractivity (Wildman–Crippen MR) is 62.3 cm³/mol. The van der Waals surface area contributed by atoms with Gasteiger partial charge in [0, 0.05) is 6.42 Å². The summed E-state index contributed by atoms with van der Waals surface area (Å²) in [6.45, 7) is 1.93. The molecule has 1 aromatic carbocycles. The number of carbonyl (C=O) groups excluding carboxylic acids is 1. The molecule has 0 N–H and O–H groups in total. The van der Waals surface area contributed by atoms with Gasteiger partial charge in [-0.1, -0.05) is 30.3 Å². The molecule has 0 radical (unpaired) electrons. The number of nitriles is 1. The molecule has 1 rings (SSSR count). The third-order valence-electron chi connectivity index (χ3n) is 2.18. The van der Waals surface area contributed by atoms with Gasteiger partial charge in [0.15, 0.2) is 6.10 Å². The van der Waals surface area contributed by atoms with Crippen molar-refractivity contribution in [1.29, 1.82) is 5.26 Å². The van der Waals surface area contributed by atoms with Crippen LogP contribution in [0.5, 0.6) is 0 Å². The fourth-order valence-electron chi connectivity index (χ4n) is 1.36. The van der Waals surface area contributed by atoms with Gasteiger partial charge in [-0.25, -0.2) is 4.79 Å². The van der Waals surface area contributed by atoms with Crippen molar-refractivity contribution in [2.75, 3.05) is 6.61 Å². The Hall–Kier alpha value is -2.02. The second-order valence-electron chi connectivity index (χ2n) is 3.44. The lowest BCUT2D eigenvalue weighted by Gasteiger charge is -2.10. The first kappa shape index (κ1) is 13.0. The predicted octanol–water partition coefficient (Wildman–Crippen LogP) is 2.68. The summed E-state index contributed by atoms with van der Waals surface area (Å²) in [6.07, 6.45) is -0.376. The van der Waals surface area contributed by atoms with E-state index in [9.17, 15) is 4.79 Å². The van der Waals surface area contributed by atoms with Gasteiger partial charge in [0.1, 0.15) is 6.07 Å². The van der Waals surface area contributed by atoms with Gasteiger partial charge in [0.2, 0.25) is 0 Å². The standard InChI is InChI=1S/C13H15NO3/c1-2-16-13(15)17-12(10-14)9-8-11-6-4-3-5-7-11/h3-7,12H,2,8-9H2,1H3/t12-/m0/s1. The smallest absolute Gasteiger partial charge is 0.435 e. The molecular weight excluding hydrogens is 218 g/mol. The molecule has 1 atom stereocenters. The Bertz CT molecular complexity index is 383.